The zero-order valence-corrected chi connectivity index (χ0v) is 12.9. The van der Waals surface area contributed by atoms with E-state index in [9.17, 15) is 0 Å². The second-order valence-corrected chi connectivity index (χ2v) is 5.37. The maximum absolute atomic E-state index is 5.42. The summed E-state index contributed by atoms with van der Waals surface area (Å²) in [6, 6.07) is 8.08. The summed E-state index contributed by atoms with van der Waals surface area (Å²) < 4.78 is 12.8. The summed E-state index contributed by atoms with van der Waals surface area (Å²) in [5.41, 5.74) is 0.857. The summed E-state index contributed by atoms with van der Waals surface area (Å²) in [6.45, 7) is 4.16. The molecule has 0 saturated heterocycles. The number of rotatable bonds is 3. The highest BCUT2D eigenvalue weighted by atomic mass is 16.5. The first kappa shape index (κ1) is 13.7. The first-order valence-electron chi connectivity index (χ1n) is 7.36. The molecule has 0 aliphatic carbocycles. The van der Waals surface area contributed by atoms with Crippen LogP contribution in [0.25, 0.3) is 11.4 Å². The van der Waals surface area contributed by atoms with Crippen LogP contribution in [0.15, 0.2) is 28.8 Å². The normalized spacial score (nSPS) is 13.9. The van der Waals surface area contributed by atoms with Crippen molar-refractivity contribution in [1.29, 1.82) is 0 Å². The molecule has 3 heterocycles. The second-order valence-electron chi connectivity index (χ2n) is 5.37. The van der Waals surface area contributed by atoms with E-state index in [2.05, 4.69) is 24.9 Å². The fourth-order valence-electron chi connectivity index (χ4n) is 2.69. The van der Waals surface area contributed by atoms with Crippen molar-refractivity contribution in [3.8, 4) is 17.1 Å². The topological polar surface area (TPSA) is 82.1 Å². The zero-order valence-electron chi connectivity index (χ0n) is 12.9. The van der Waals surface area contributed by atoms with Crippen molar-refractivity contribution in [3.05, 3.63) is 35.9 Å². The predicted octanol–water partition coefficient (Wildman–Crippen LogP) is 1.67. The van der Waals surface area contributed by atoms with E-state index in [1.165, 1.54) is 0 Å². The highest BCUT2D eigenvalue weighted by molar-refractivity contribution is 5.58. The Morgan fingerprint density at radius 3 is 3.00 bits per heavy atom. The summed E-state index contributed by atoms with van der Waals surface area (Å²) in [6.07, 6.45) is 0. The Kier molecular flexibility index (Phi) is 3.22. The van der Waals surface area contributed by atoms with Gasteiger partial charge in [0.25, 0.3) is 0 Å². The molecule has 118 valence electrons. The highest BCUT2D eigenvalue weighted by Crippen LogP contribution is 2.25. The van der Waals surface area contributed by atoms with E-state index in [-0.39, 0.29) is 0 Å². The zero-order chi connectivity index (χ0) is 15.8. The summed E-state index contributed by atoms with van der Waals surface area (Å²) >= 11 is 0. The standard InChI is InChI=1S/C15H16N6O2/c1-10-17-18-13-9-20(6-7-21(10)13)15-16-14(19-23-15)11-4-3-5-12(8-11)22-2/h3-5,8H,6-7,9H2,1-2H3. The van der Waals surface area contributed by atoms with Gasteiger partial charge < -0.3 is 18.7 Å². The van der Waals surface area contributed by atoms with Crippen LogP contribution in [0, 0.1) is 6.92 Å². The molecular weight excluding hydrogens is 296 g/mol. The quantitative estimate of drug-likeness (QED) is 0.727. The van der Waals surface area contributed by atoms with E-state index < -0.39 is 0 Å². The van der Waals surface area contributed by atoms with Gasteiger partial charge in [-0.15, -0.1) is 10.2 Å². The lowest BCUT2D eigenvalue weighted by atomic mass is 10.2. The number of methoxy groups -OCH3 is 1. The average molecular weight is 312 g/mol. The summed E-state index contributed by atoms with van der Waals surface area (Å²) in [5.74, 6) is 3.15. The second kappa shape index (κ2) is 5.38. The van der Waals surface area contributed by atoms with E-state index in [1.807, 2.05) is 36.1 Å². The molecule has 8 nitrogen and oxygen atoms in total. The van der Waals surface area contributed by atoms with Gasteiger partial charge in [0.2, 0.25) is 5.82 Å². The van der Waals surface area contributed by atoms with Crippen LogP contribution >= 0.6 is 0 Å². The fraction of sp³-hybridized carbons (Fsp3) is 0.333. The Hall–Kier alpha value is -2.90. The smallest absolute Gasteiger partial charge is 0.324 e. The molecule has 0 bridgehead atoms. The van der Waals surface area contributed by atoms with E-state index in [0.29, 0.717) is 18.4 Å². The van der Waals surface area contributed by atoms with Crippen LogP contribution in [0.5, 0.6) is 5.75 Å². The molecule has 23 heavy (non-hydrogen) atoms. The van der Waals surface area contributed by atoms with Gasteiger partial charge in [-0.1, -0.05) is 17.3 Å². The Labute approximate surface area is 132 Å². The number of fused-ring (bicyclic) bond motifs is 1. The molecular formula is C15H16N6O2. The third-order valence-corrected chi connectivity index (χ3v) is 3.95. The molecule has 0 unspecified atom stereocenters. The third kappa shape index (κ3) is 2.41. The van der Waals surface area contributed by atoms with Crippen LogP contribution in [0.3, 0.4) is 0 Å². The van der Waals surface area contributed by atoms with Crippen LogP contribution in [-0.4, -0.2) is 38.6 Å². The van der Waals surface area contributed by atoms with E-state index in [4.69, 9.17) is 9.26 Å². The minimum Gasteiger partial charge on any atom is -0.497 e. The Morgan fingerprint density at radius 2 is 2.13 bits per heavy atom. The fourth-order valence-corrected chi connectivity index (χ4v) is 2.69. The molecule has 0 atom stereocenters. The summed E-state index contributed by atoms with van der Waals surface area (Å²) in [5, 5.41) is 12.4. The maximum atomic E-state index is 5.42. The van der Waals surface area contributed by atoms with Crippen molar-refractivity contribution in [3.63, 3.8) is 0 Å². The molecule has 3 aromatic rings. The van der Waals surface area contributed by atoms with Gasteiger partial charge in [-0.3, -0.25) is 0 Å². The van der Waals surface area contributed by atoms with Crippen LogP contribution in [0.1, 0.15) is 11.6 Å². The monoisotopic (exact) mass is 312 g/mol. The molecule has 8 heteroatoms. The number of anilines is 1. The van der Waals surface area contributed by atoms with Crippen molar-refractivity contribution in [2.24, 2.45) is 0 Å². The molecule has 0 radical (unpaired) electrons. The van der Waals surface area contributed by atoms with Gasteiger partial charge in [0.1, 0.15) is 11.6 Å². The molecule has 1 aliphatic rings. The Balaban J connectivity index is 1.59. The van der Waals surface area contributed by atoms with Crippen LogP contribution < -0.4 is 9.64 Å². The molecule has 1 aromatic carbocycles. The van der Waals surface area contributed by atoms with Crippen molar-refractivity contribution in [1.82, 2.24) is 24.9 Å². The van der Waals surface area contributed by atoms with Gasteiger partial charge in [0.05, 0.1) is 13.7 Å². The van der Waals surface area contributed by atoms with Gasteiger partial charge in [-0.25, -0.2) is 0 Å². The van der Waals surface area contributed by atoms with Crippen molar-refractivity contribution >= 4 is 6.01 Å². The SMILES string of the molecule is COc1cccc(-c2noc(N3CCn4c(C)nnc4C3)n2)c1. The Morgan fingerprint density at radius 1 is 1.22 bits per heavy atom. The molecule has 1 aliphatic heterocycles. The summed E-state index contributed by atoms with van der Waals surface area (Å²) in [4.78, 5) is 6.51. The lowest BCUT2D eigenvalue weighted by Gasteiger charge is -2.25. The van der Waals surface area contributed by atoms with Crippen molar-refractivity contribution in [2.75, 3.05) is 18.6 Å². The van der Waals surface area contributed by atoms with Gasteiger partial charge >= 0.3 is 6.01 Å². The number of aryl methyl sites for hydroxylation is 1. The van der Waals surface area contributed by atoms with E-state index in [1.54, 1.807) is 7.11 Å². The molecule has 0 N–H and O–H groups in total. The van der Waals surface area contributed by atoms with Gasteiger partial charge in [-0.05, 0) is 19.1 Å². The summed E-state index contributed by atoms with van der Waals surface area (Å²) in [7, 11) is 1.63. The predicted molar refractivity (Wildman–Crippen MR) is 82.1 cm³/mol. The minimum atomic E-state index is 0.495. The molecule has 0 amide bonds. The number of hydrogen-bond acceptors (Lipinski definition) is 7. The first-order valence-corrected chi connectivity index (χ1v) is 7.36. The van der Waals surface area contributed by atoms with E-state index in [0.717, 1.165) is 36.1 Å². The van der Waals surface area contributed by atoms with Crippen molar-refractivity contribution in [2.45, 2.75) is 20.0 Å². The minimum absolute atomic E-state index is 0.495. The highest BCUT2D eigenvalue weighted by Gasteiger charge is 2.23. The van der Waals surface area contributed by atoms with Gasteiger partial charge in [0, 0.05) is 18.7 Å². The number of aromatic nitrogens is 5. The van der Waals surface area contributed by atoms with Gasteiger partial charge in [0.15, 0.2) is 5.82 Å². The number of hydrogen-bond donors (Lipinski definition) is 0. The molecule has 0 fully saturated rings. The van der Waals surface area contributed by atoms with E-state index >= 15 is 0 Å². The first-order chi connectivity index (χ1) is 11.2. The molecule has 0 saturated carbocycles. The third-order valence-electron chi connectivity index (χ3n) is 3.95. The average Bonchev–Trinajstić information content (AvgIpc) is 3.22. The maximum Gasteiger partial charge on any atom is 0.324 e. The number of nitrogens with zero attached hydrogens (tertiary/aromatic N) is 6. The lowest BCUT2D eigenvalue weighted by Crippen LogP contribution is -2.34. The molecule has 2 aromatic heterocycles. The number of ether oxygens (including phenoxy) is 1. The van der Waals surface area contributed by atoms with Crippen molar-refractivity contribution < 1.29 is 9.26 Å². The lowest BCUT2D eigenvalue weighted by molar-refractivity contribution is 0.400. The van der Waals surface area contributed by atoms with Crippen LogP contribution in [0.4, 0.5) is 6.01 Å². The molecule has 4 rings (SSSR count). The van der Waals surface area contributed by atoms with Crippen LogP contribution in [0.2, 0.25) is 0 Å². The van der Waals surface area contributed by atoms with Gasteiger partial charge in [-0.2, -0.15) is 4.98 Å². The largest absolute Gasteiger partial charge is 0.497 e. The number of benzene rings is 1. The Bertz CT molecular complexity index is 840. The van der Waals surface area contributed by atoms with Crippen LogP contribution in [-0.2, 0) is 13.1 Å². The molecule has 0 spiro atoms.